The minimum Gasteiger partial charge on any atom is -0.390 e. The number of rotatable bonds is 7. The molecule has 0 saturated heterocycles. The molecule has 0 aliphatic rings. The first-order valence-corrected chi connectivity index (χ1v) is 5.05. The zero-order valence-electron chi connectivity index (χ0n) is 9.88. The van der Waals surface area contributed by atoms with Gasteiger partial charge < -0.3 is 20.2 Å². The third kappa shape index (κ3) is 4.21. The average Bonchev–Trinajstić information content (AvgIpc) is 2.77. The standard InChI is InChI=1S/C8H11F2N5O4/c1-19-3-2-11-6(16)8(9,10)4-14-5-12-7(13-14)15(17)18/h5H,2-4H2,1H3,(H,11,16). The van der Waals surface area contributed by atoms with Crippen molar-refractivity contribution in [1.29, 1.82) is 0 Å². The highest BCUT2D eigenvalue weighted by atomic mass is 19.3. The number of alkyl halides is 2. The van der Waals surface area contributed by atoms with Crippen LogP contribution < -0.4 is 5.32 Å². The molecule has 1 rings (SSSR count). The van der Waals surface area contributed by atoms with Crippen LogP contribution in [0.3, 0.4) is 0 Å². The molecular weight excluding hydrogens is 268 g/mol. The van der Waals surface area contributed by atoms with Gasteiger partial charge in [-0.1, -0.05) is 4.98 Å². The van der Waals surface area contributed by atoms with E-state index in [1.54, 1.807) is 0 Å². The maximum Gasteiger partial charge on any atom is 0.490 e. The lowest BCUT2D eigenvalue weighted by Crippen LogP contribution is -2.44. The van der Waals surface area contributed by atoms with Gasteiger partial charge in [0.25, 0.3) is 5.91 Å². The zero-order chi connectivity index (χ0) is 14.5. The number of nitrogens with one attached hydrogen (secondary N) is 1. The van der Waals surface area contributed by atoms with E-state index in [2.05, 4.69) is 14.8 Å². The first-order valence-electron chi connectivity index (χ1n) is 5.05. The number of halogens is 2. The molecule has 1 aromatic rings. The van der Waals surface area contributed by atoms with Crippen LogP contribution in [0.4, 0.5) is 14.7 Å². The second-order valence-electron chi connectivity index (χ2n) is 3.45. The number of nitrogens with zero attached hydrogens (tertiary/aromatic N) is 4. The van der Waals surface area contributed by atoms with Crippen LogP contribution in [0.25, 0.3) is 0 Å². The van der Waals surface area contributed by atoms with Crippen molar-refractivity contribution in [3.63, 3.8) is 0 Å². The molecule has 0 unspecified atom stereocenters. The normalized spacial score (nSPS) is 11.3. The van der Waals surface area contributed by atoms with Crippen molar-refractivity contribution in [2.75, 3.05) is 20.3 Å². The smallest absolute Gasteiger partial charge is 0.390 e. The van der Waals surface area contributed by atoms with Gasteiger partial charge in [-0.25, -0.2) is 0 Å². The third-order valence-electron chi connectivity index (χ3n) is 1.97. The van der Waals surface area contributed by atoms with Gasteiger partial charge >= 0.3 is 11.9 Å². The first-order chi connectivity index (χ1) is 8.86. The van der Waals surface area contributed by atoms with Crippen LogP contribution in [0.15, 0.2) is 6.33 Å². The summed E-state index contributed by atoms with van der Waals surface area (Å²) in [5.74, 6) is -6.08. The van der Waals surface area contributed by atoms with Crippen molar-refractivity contribution >= 4 is 11.9 Å². The predicted octanol–water partition coefficient (Wildman–Crippen LogP) is -0.416. The van der Waals surface area contributed by atoms with Crippen molar-refractivity contribution in [1.82, 2.24) is 20.1 Å². The molecule has 0 saturated carbocycles. The zero-order valence-corrected chi connectivity index (χ0v) is 9.88. The summed E-state index contributed by atoms with van der Waals surface area (Å²) >= 11 is 0. The molecule has 1 amide bonds. The molecule has 1 aromatic heterocycles. The molecular formula is C8H11F2N5O4. The van der Waals surface area contributed by atoms with E-state index in [0.29, 0.717) is 4.68 Å². The summed E-state index contributed by atoms with van der Waals surface area (Å²) in [6.45, 7) is -1.11. The number of carbonyl (C=O) groups excluding carboxylic acids is 1. The van der Waals surface area contributed by atoms with Crippen molar-refractivity contribution in [3.8, 4) is 0 Å². The van der Waals surface area contributed by atoms with Crippen LogP contribution in [0.1, 0.15) is 0 Å². The van der Waals surface area contributed by atoms with Gasteiger partial charge in [0.2, 0.25) is 6.33 Å². The Labute approximate surface area is 105 Å². The fourth-order valence-electron chi connectivity index (χ4n) is 1.12. The number of hydrogen-bond acceptors (Lipinski definition) is 6. The molecule has 0 radical (unpaired) electrons. The van der Waals surface area contributed by atoms with Gasteiger partial charge in [0.15, 0.2) is 0 Å². The largest absolute Gasteiger partial charge is 0.490 e. The Kier molecular flexibility index (Phi) is 4.80. The quantitative estimate of drug-likeness (QED) is 0.412. The lowest BCUT2D eigenvalue weighted by molar-refractivity contribution is -0.394. The van der Waals surface area contributed by atoms with Gasteiger partial charge in [0.05, 0.1) is 6.61 Å². The Bertz CT molecular complexity index is 464. The van der Waals surface area contributed by atoms with Crippen LogP contribution in [-0.4, -0.2) is 51.8 Å². The average molecular weight is 279 g/mol. The maximum atomic E-state index is 13.4. The molecule has 19 heavy (non-hydrogen) atoms. The summed E-state index contributed by atoms with van der Waals surface area (Å²) in [4.78, 5) is 23.7. The van der Waals surface area contributed by atoms with Gasteiger partial charge in [-0.3, -0.25) is 4.79 Å². The molecule has 0 aliphatic heterocycles. The van der Waals surface area contributed by atoms with Gasteiger partial charge in [-0.2, -0.15) is 13.5 Å². The summed E-state index contributed by atoms with van der Waals surface area (Å²) in [5.41, 5.74) is 0. The lowest BCUT2D eigenvalue weighted by atomic mass is 10.3. The predicted molar refractivity (Wildman–Crippen MR) is 56.5 cm³/mol. The Balaban J connectivity index is 2.61. The van der Waals surface area contributed by atoms with E-state index in [0.717, 1.165) is 6.33 Å². The molecule has 0 spiro atoms. The summed E-state index contributed by atoms with van der Waals surface area (Å²) in [6.07, 6.45) is 0.758. The third-order valence-corrected chi connectivity index (χ3v) is 1.97. The molecule has 106 valence electrons. The molecule has 0 atom stereocenters. The first kappa shape index (κ1) is 14.9. The second kappa shape index (κ2) is 6.13. The van der Waals surface area contributed by atoms with Gasteiger partial charge in [0.1, 0.15) is 6.54 Å². The molecule has 9 nitrogen and oxygen atoms in total. The summed E-state index contributed by atoms with van der Waals surface area (Å²) in [7, 11) is 1.36. The van der Waals surface area contributed by atoms with E-state index < -0.39 is 29.2 Å². The fraction of sp³-hybridized carbons (Fsp3) is 0.625. The minimum atomic E-state index is -3.75. The number of methoxy groups -OCH3 is 1. The highest BCUT2D eigenvalue weighted by Gasteiger charge is 2.40. The Morgan fingerprint density at radius 2 is 2.37 bits per heavy atom. The number of ether oxygens (including phenoxy) is 1. The van der Waals surface area contributed by atoms with Gasteiger partial charge in [0, 0.05) is 18.8 Å². The fourth-order valence-corrected chi connectivity index (χ4v) is 1.12. The Morgan fingerprint density at radius 3 is 2.89 bits per heavy atom. The van der Waals surface area contributed by atoms with Crippen LogP contribution in [0, 0.1) is 10.1 Å². The molecule has 0 aromatic carbocycles. The van der Waals surface area contributed by atoms with E-state index >= 15 is 0 Å². The van der Waals surface area contributed by atoms with E-state index in [1.165, 1.54) is 7.11 Å². The van der Waals surface area contributed by atoms with Crippen LogP contribution >= 0.6 is 0 Å². The highest BCUT2D eigenvalue weighted by molar-refractivity contribution is 5.83. The molecule has 1 N–H and O–H groups in total. The molecule has 0 fully saturated rings. The number of amides is 1. The molecule has 0 aliphatic carbocycles. The number of aromatic nitrogens is 3. The van der Waals surface area contributed by atoms with Gasteiger partial charge in [-0.05, 0) is 4.92 Å². The van der Waals surface area contributed by atoms with Crippen LogP contribution in [0.5, 0.6) is 0 Å². The van der Waals surface area contributed by atoms with Crippen molar-refractivity contribution in [3.05, 3.63) is 16.4 Å². The van der Waals surface area contributed by atoms with Crippen molar-refractivity contribution < 1.29 is 23.2 Å². The summed E-state index contributed by atoms with van der Waals surface area (Å²) in [6, 6.07) is 0. The van der Waals surface area contributed by atoms with Crippen molar-refractivity contribution in [2.45, 2.75) is 12.5 Å². The monoisotopic (exact) mass is 279 g/mol. The summed E-state index contributed by atoms with van der Waals surface area (Å²) in [5, 5.41) is 15.4. The minimum absolute atomic E-state index is 0.0670. The van der Waals surface area contributed by atoms with E-state index in [4.69, 9.17) is 0 Å². The summed E-state index contributed by atoms with van der Waals surface area (Å²) < 4.78 is 32.0. The maximum absolute atomic E-state index is 13.4. The Morgan fingerprint density at radius 1 is 1.68 bits per heavy atom. The SMILES string of the molecule is COCCNC(=O)C(F)(F)Cn1cnc([N+](=O)[O-])n1. The highest BCUT2D eigenvalue weighted by Crippen LogP contribution is 2.16. The van der Waals surface area contributed by atoms with E-state index in [-0.39, 0.29) is 13.2 Å². The Hall–Kier alpha value is -2.17. The number of hydrogen-bond donors (Lipinski definition) is 1. The van der Waals surface area contributed by atoms with E-state index in [9.17, 15) is 23.7 Å². The van der Waals surface area contributed by atoms with Crippen LogP contribution in [0.2, 0.25) is 0 Å². The number of nitro groups is 1. The molecule has 11 heteroatoms. The van der Waals surface area contributed by atoms with E-state index in [1.807, 2.05) is 5.32 Å². The topological polar surface area (TPSA) is 112 Å². The number of carbonyl (C=O) groups is 1. The van der Waals surface area contributed by atoms with Gasteiger partial charge in [-0.15, -0.1) is 0 Å². The molecule has 1 heterocycles. The van der Waals surface area contributed by atoms with Crippen molar-refractivity contribution in [2.24, 2.45) is 0 Å². The second-order valence-corrected chi connectivity index (χ2v) is 3.45. The molecule has 0 bridgehead atoms. The van der Waals surface area contributed by atoms with Crippen LogP contribution in [-0.2, 0) is 16.1 Å². The lowest BCUT2D eigenvalue weighted by Gasteiger charge is -2.14.